The van der Waals surface area contributed by atoms with Gasteiger partial charge in [0.25, 0.3) is 0 Å². The summed E-state index contributed by atoms with van der Waals surface area (Å²) < 4.78 is 0. The van der Waals surface area contributed by atoms with Crippen molar-refractivity contribution in [3.8, 4) is 0 Å². The van der Waals surface area contributed by atoms with Crippen molar-refractivity contribution in [3.05, 3.63) is 0 Å². The molecule has 3 nitrogen and oxygen atoms in total. The second-order valence-corrected chi connectivity index (χ2v) is 6.49. The number of amides is 1. The van der Waals surface area contributed by atoms with Crippen LogP contribution in [0.4, 0.5) is 0 Å². The number of rotatable bonds is 2. The lowest BCUT2D eigenvalue weighted by Gasteiger charge is -2.34. The van der Waals surface area contributed by atoms with E-state index in [1.165, 1.54) is 32.1 Å². The summed E-state index contributed by atoms with van der Waals surface area (Å²) in [5.74, 6) is 1.36. The quantitative estimate of drug-likeness (QED) is 0.766. The van der Waals surface area contributed by atoms with Gasteiger partial charge in [-0.3, -0.25) is 10.1 Å². The van der Waals surface area contributed by atoms with Crippen LogP contribution in [0.3, 0.4) is 0 Å². The Morgan fingerprint density at radius 1 is 1.17 bits per heavy atom. The highest BCUT2D eigenvalue weighted by Crippen LogP contribution is 2.31. The largest absolute Gasteiger partial charge is 0.323 e. The Morgan fingerprint density at radius 3 is 2.44 bits per heavy atom. The van der Waals surface area contributed by atoms with Gasteiger partial charge >= 0.3 is 0 Å². The minimum Gasteiger partial charge on any atom is -0.323 e. The summed E-state index contributed by atoms with van der Waals surface area (Å²) in [6.07, 6.45) is 6.60. The van der Waals surface area contributed by atoms with Crippen LogP contribution in [0.2, 0.25) is 0 Å². The van der Waals surface area contributed by atoms with E-state index >= 15 is 0 Å². The van der Waals surface area contributed by atoms with Crippen molar-refractivity contribution in [2.24, 2.45) is 11.8 Å². The SMILES string of the molecule is CC(C)C1NC(C)N(C2CCCCCC2C)C1=O. The lowest BCUT2D eigenvalue weighted by molar-refractivity contribution is -0.133. The fraction of sp³-hybridized carbons (Fsp3) is 0.933. The summed E-state index contributed by atoms with van der Waals surface area (Å²) in [7, 11) is 0. The molecule has 0 spiro atoms. The Bertz CT molecular complexity index is 303. The lowest BCUT2D eigenvalue weighted by Crippen LogP contribution is -2.46. The van der Waals surface area contributed by atoms with Gasteiger partial charge in [0, 0.05) is 6.04 Å². The molecule has 1 heterocycles. The topological polar surface area (TPSA) is 32.3 Å². The first kappa shape index (κ1) is 13.9. The Kier molecular flexibility index (Phi) is 4.31. The highest BCUT2D eigenvalue weighted by atomic mass is 16.2. The molecule has 1 aliphatic heterocycles. The molecule has 2 fully saturated rings. The molecule has 3 heteroatoms. The van der Waals surface area contributed by atoms with Gasteiger partial charge < -0.3 is 4.90 Å². The van der Waals surface area contributed by atoms with Gasteiger partial charge in [-0.25, -0.2) is 0 Å². The molecule has 0 radical (unpaired) electrons. The van der Waals surface area contributed by atoms with E-state index in [0.717, 1.165) is 0 Å². The van der Waals surface area contributed by atoms with Gasteiger partial charge in [-0.05, 0) is 31.6 Å². The van der Waals surface area contributed by atoms with Crippen molar-refractivity contribution >= 4 is 5.91 Å². The molecule has 2 rings (SSSR count). The Hall–Kier alpha value is -0.570. The minimum atomic E-state index is 0.0236. The third-order valence-electron chi connectivity index (χ3n) is 4.70. The summed E-state index contributed by atoms with van der Waals surface area (Å²) in [4.78, 5) is 14.7. The maximum atomic E-state index is 12.6. The predicted octanol–water partition coefficient (Wildman–Crippen LogP) is 2.76. The Balaban J connectivity index is 2.13. The lowest BCUT2D eigenvalue weighted by atomic mass is 9.94. The molecule has 18 heavy (non-hydrogen) atoms. The van der Waals surface area contributed by atoms with E-state index in [4.69, 9.17) is 0 Å². The highest BCUT2D eigenvalue weighted by Gasteiger charge is 2.42. The molecule has 2 aliphatic rings. The molecule has 1 saturated heterocycles. The molecular formula is C15H28N2O. The number of nitrogens with one attached hydrogen (secondary N) is 1. The van der Waals surface area contributed by atoms with Crippen LogP contribution in [-0.2, 0) is 4.79 Å². The molecule has 0 bridgehead atoms. The Morgan fingerprint density at radius 2 is 1.83 bits per heavy atom. The summed E-state index contributed by atoms with van der Waals surface area (Å²) in [5, 5.41) is 3.47. The van der Waals surface area contributed by atoms with E-state index in [1.54, 1.807) is 0 Å². The average molecular weight is 252 g/mol. The van der Waals surface area contributed by atoms with Crippen molar-refractivity contribution in [1.29, 1.82) is 0 Å². The van der Waals surface area contributed by atoms with Crippen molar-refractivity contribution in [2.75, 3.05) is 0 Å². The van der Waals surface area contributed by atoms with Gasteiger partial charge in [-0.2, -0.15) is 0 Å². The standard InChI is InChI=1S/C15H28N2O/c1-10(2)14-15(18)17(12(4)16-14)13-9-7-5-6-8-11(13)3/h10-14,16H,5-9H2,1-4H3. The van der Waals surface area contributed by atoms with Gasteiger partial charge in [0.1, 0.15) is 0 Å². The molecule has 0 aromatic rings. The van der Waals surface area contributed by atoms with Crippen molar-refractivity contribution in [2.45, 2.75) is 78.0 Å². The van der Waals surface area contributed by atoms with E-state index in [-0.39, 0.29) is 12.2 Å². The van der Waals surface area contributed by atoms with Gasteiger partial charge in [0.05, 0.1) is 12.2 Å². The van der Waals surface area contributed by atoms with Crippen LogP contribution in [0.1, 0.15) is 59.8 Å². The van der Waals surface area contributed by atoms with Crippen molar-refractivity contribution in [3.63, 3.8) is 0 Å². The Labute approximate surface area is 111 Å². The van der Waals surface area contributed by atoms with E-state index < -0.39 is 0 Å². The zero-order valence-electron chi connectivity index (χ0n) is 12.3. The number of hydrogen-bond donors (Lipinski definition) is 1. The second-order valence-electron chi connectivity index (χ2n) is 6.49. The van der Waals surface area contributed by atoms with E-state index in [2.05, 4.69) is 37.9 Å². The predicted molar refractivity (Wildman–Crippen MR) is 74.1 cm³/mol. The maximum absolute atomic E-state index is 12.6. The van der Waals surface area contributed by atoms with Crippen LogP contribution in [0.15, 0.2) is 0 Å². The van der Waals surface area contributed by atoms with E-state index in [9.17, 15) is 4.79 Å². The smallest absolute Gasteiger partial charge is 0.241 e. The first-order valence-corrected chi connectivity index (χ1v) is 7.60. The fourth-order valence-electron chi connectivity index (χ4n) is 3.58. The third-order valence-corrected chi connectivity index (χ3v) is 4.70. The third kappa shape index (κ3) is 2.56. The summed E-state index contributed by atoms with van der Waals surface area (Å²) in [6, 6.07) is 0.474. The average Bonchev–Trinajstić information content (AvgIpc) is 2.49. The second kappa shape index (κ2) is 5.60. The van der Waals surface area contributed by atoms with Crippen molar-refractivity contribution < 1.29 is 4.79 Å². The zero-order valence-corrected chi connectivity index (χ0v) is 12.3. The molecule has 0 aromatic carbocycles. The van der Waals surface area contributed by atoms with Crippen LogP contribution in [0, 0.1) is 11.8 Å². The van der Waals surface area contributed by atoms with Crippen molar-refractivity contribution in [1.82, 2.24) is 10.2 Å². The fourth-order valence-corrected chi connectivity index (χ4v) is 3.58. The van der Waals surface area contributed by atoms with Gasteiger partial charge in [-0.1, -0.05) is 40.0 Å². The van der Waals surface area contributed by atoms with Crippen LogP contribution in [0.5, 0.6) is 0 Å². The number of hydrogen-bond acceptors (Lipinski definition) is 2. The van der Waals surface area contributed by atoms with Crippen LogP contribution >= 0.6 is 0 Å². The summed E-state index contributed by atoms with van der Waals surface area (Å²) in [6.45, 7) is 8.71. The normalized spacial score (nSPS) is 38.3. The molecule has 1 amide bonds. The first-order chi connectivity index (χ1) is 8.52. The number of nitrogens with zero attached hydrogens (tertiary/aromatic N) is 1. The minimum absolute atomic E-state index is 0.0236. The molecule has 4 unspecified atom stereocenters. The molecule has 104 valence electrons. The summed E-state index contributed by atoms with van der Waals surface area (Å²) >= 11 is 0. The highest BCUT2D eigenvalue weighted by molar-refractivity contribution is 5.84. The molecule has 4 atom stereocenters. The van der Waals surface area contributed by atoms with Gasteiger partial charge in [-0.15, -0.1) is 0 Å². The van der Waals surface area contributed by atoms with Crippen LogP contribution < -0.4 is 5.32 Å². The molecule has 1 aliphatic carbocycles. The van der Waals surface area contributed by atoms with Gasteiger partial charge in [0.2, 0.25) is 5.91 Å². The monoisotopic (exact) mass is 252 g/mol. The van der Waals surface area contributed by atoms with E-state index in [1.807, 2.05) is 0 Å². The first-order valence-electron chi connectivity index (χ1n) is 7.60. The van der Waals surface area contributed by atoms with Crippen LogP contribution in [-0.4, -0.2) is 29.1 Å². The molecule has 1 N–H and O–H groups in total. The zero-order chi connectivity index (χ0) is 13.3. The molecule has 1 saturated carbocycles. The number of carbonyl (C=O) groups excluding carboxylic acids is 1. The summed E-state index contributed by atoms with van der Waals surface area (Å²) in [5.41, 5.74) is 0. The number of carbonyl (C=O) groups is 1. The van der Waals surface area contributed by atoms with E-state index in [0.29, 0.717) is 23.8 Å². The molecule has 0 aromatic heterocycles. The van der Waals surface area contributed by atoms with Crippen LogP contribution in [0.25, 0.3) is 0 Å². The van der Waals surface area contributed by atoms with Gasteiger partial charge in [0.15, 0.2) is 0 Å². The molecular weight excluding hydrogens is 224 g/mol. The maximum Gasteiger partial charge on any atom is 0.241 e.